The lowest BCUT2D eigenvalue weighted by atomic mass is 10.1. The van der Waals surface area contributed by atoms with Gasteiger partial charge >= 0.3 is 0 Å². The van der Waals surface area contributed by atoms with E-state index < -0.39 is 0 Å². The molecule has 0 aliphatic carbocycles. The van der Waals surface area contributed by atoms with Crippen LogP contribution in [-0.2, 0) is 13.0 Å². The Morgan fingerprint density at radius 3 is 2.41 bits per heavy atom. The van der Waals surface area contributed by atoms with E-state index in [0.29, 0.717) is 13.2 Å². The molecule has 0 saturated carbocycles. The molecule has 3 rings (SSSR count). The number of para-hydroxylation sites is 1. The second kappa shape index (κ2) is 10.2. The van der Waals surface area contributed by atoms with E-state index in [1.807, 2.05) is 48.5 Å². The molecule has 0 bridgehead atoms. The zero-order chi connectivity index (χ0) is 20.5. The Morgan fingerprint density at radius 2 is 1.69 bits per heavy atom. The van der Waals surface area contributed by atoms with Crippen LogP contribution in [0, 0.1) is 0 Å². The number of hydrogen-bond acceptors (Lipinski definition) is 4. The molecule has 150 valence electrons. The third-order valence-corrected chi connectivity index (χ3v) is 4.55. The standard InChI is InChI=1S/C23H25N3O3/c1-25(16-8-11-19-9-4-2-5-10-19)23(28)21-14-15-22(27)26(24-21)17-18-29-20-12-6-3-7-13-20/h2-7,9-10,12-15H,8,11,16-18H2,1H3. The van der Waals surface area contributed by atoms with Gasteiger partial charge in [-0.25, -0.2) is 4.68 Å². The molecule has 1 amide bonds. The summed E-state index contributed by atoms with van der Waals surface area (Å²) in [7, 11) is 1.75. The average Bonchev–Trinajstić information content (AvgIpc) is 2.76. The zero-order valence-electron chi connectivity index (χ0n) is 16.5. The topological polar surface area (TPSA) is 64.4 Å². The van der Waals surface area contributed by atoms with Crippen molar-refractivity contribution >= 4 is 5.91 Å². The Bertz CT molecular complexity index is 971. The van der Waals surface area contributed by atoms with E-state index in [4.69, 9.17) is 4.74 Å². The molecular weight excluding hydrogens is 366 g/mol. The summed E-state index contributed by atoms with van der Waals surface area (Å²) in [6, 6.07) is 22.4. The van der Waals surface area contributed by atoms with Crippen molar-refractivity contribution in [3.8, 4) is 5.75 Å². The number of rotatable bonds is 9. The van der Waals surface area contributed by atoms with Crippen molar-refractivity contribution < 1.29 is 9.53 Å². The lowest BCUT2D eigenvalue weighted by Crippen LogP contribution is -2.32. The number of carbonyl (C=O) groups excluding carboxylic acids is 1. The van der Waals surface area contributed by atoms with Crippen LogP contribution < -0.4 is 10.3 Å². The van der Waals surface area contributed by atoms with Crippen LogP contribution in [0.5, 0.6) is 5.75 Å². The average molecular weight is 391 g/mol. The van der Waals surface area contributed by atoms with Crippen LogP contribution in [0.15, 0.2) is 77.6 Å². The van der Waals surface area contributed by atoms with E-state index in [2.05, 4.69) is 17.2 Å². The van der Waals surface area contributed by atoms with E-state index in [9.17, 15) is 9.59 Å². The Morgan fingerprint density at radius 1 is 1.00 bits per heavy atom. The summed E-state index contributed by atoms with van der Waals surface area (Å²) in [5.74, 6) is 0.529. The number of carbonyl (C=O) groups is 1. The first kappa shape index (κ1) is 20.3. The molecule has 0 spiro atoms. The Balaban J connectivity index is 1.54. The summed E-state index contributed by atoms with van der Waals surface area (Å²) in [4.78, 5) is 26.4. The van der Waals surface area contributed by atoms with E-state index in [-0.39, 0.29) is 23.7 Å². The van der Waals surface area contributed by atoms with Gasteiger partial charge in [0.15, 0.2) is 0 Å². The Hall–Kier alpha value is -3.41. The molecule has 0 N–H and O–H groups in total. The third-order valence-electron chi connectivity index (χ3n) is 4.55. The maximum Gasteiger partial charge on any atom is 0.274 e. The molecule has 0 fully saturated rings. The molecule has 1 heterocycles. The summed E-state index contributed by atoms with van der Waals surface area (Å²) in [5.41, 5.74) is 1.25. The molecule has 1 aromatic heterocycles. The van der Waals surface area contributed by atoms with Crippen LogP contribution in [0.2, 0.25) is 0 Å². The summed E-state index contributed by atoms with van der Waals surface area (Å²) in [6.07, 6.45) is 1.76. The molecule has 3 aromatic rings. The highest BCUT2D eigenvalue weighted by Gasteiger charge is 2.14. The van der Waals surface area contributed by atoms with Crippen LogP contribution in [0.3, 0.4) is 0 Å². The van der Waals surface area contributed by atoms with Crippen molar-refractivity contribution in [2.24, 2.45) is 0 Å². The van der Waals surface area contributed by atoms with Gasteiger partial charge in [0, 0.05) is 19.7 Å². The predicted octanol–water partition coefficient (Wildman–Crippen LogP) is 3.03. The number of amides is 1. The van der Waals surface area contributed by atoms with Crippen molar-refractivity contribution in [3.63, 3.8) is 0 Å². The number of hydrogen-bond donors (Lipinski definition) is 0. The number of aromatic nitrogens is 2. The summed E-state index contributed by atoms with van der Waals surface area (Å²) in [6.45, 7) is 1.18. The number of aryl methyl sites for hydroxylation is 1. The summed E-state index contributed by atoms with van der Waals surface area (Å²) >= 11 is 0. The van der Waals surface area contributed by atoms with Crippen molar-refractivity contribution in [3.05, 3.63) is 94.4 Å². The van der Waals surface area contributed by atoms with Gasteiger partial charge in [0.2, 0.25) is 0 Å². The highest BCUT2D eigenvalue weighted by Crippen LogP contribution is 2.08. The minimum Gasteiger partial charge on any atom is -0.492 e. The van der Waals surface area contributed by atoms with Gasteiger partial charge in [-0.3, -0.25) is 9.59 Å². The monoisotopic (exact) mass is 391 g/mol. The number of ether oxygens (including phenoxy) is 1. The van der Waals surface area contributed by atoms with Crippen LogP contribution >= 0.6 is 0 Å². The van der Waals surface area contributed by atoms with Crippen molar-refractivity contribution in [2.75, 3.05) is 20.2 Å². The highest BCUT2D eigenvalue weighted by atomic mass is 16.5. The molecular formula is C23H25N3O3. The highest BCUT2D eigenvalue weighted by molar-refractivity contribution is 5.91. The quantitative estimate of drug-likeness (QED) is 0.562. The molecule has 0 aliphatic heterocycles. The molecule has 0 atom stereocenters. The Labute approximate surface area is 170 Å². The van der Waals surface area contributed by atoms with Gasteiger partial charge in [0.05, 0.1) is 6.54 Å². The van der Waals surface area contributed by atoms with Crippen molar-refractivity contribution in [1.82, 2.24) is 14.7 Å². The molecule has 29 heavy (non-hydrogen) atoms. The van der Waals surface area contributed by atoms with E-state index in [1.54, 1.807) is 11.9 Å². The zero-order valence-corrected chi connectivity index (χ0v) is 16.5. The third kappa shape index (κ3) is 6.04. The largest absolute Gasteiger partial charge is 0.492 e. The predicted molar refractivity (Wildman–Crippen MR) is 112 cm³/mol. The number of benzene rings is 2. The van der Waals surface area contributed by atoms with Crippen LogP contribution in [-0.4, -0.2) is 40.8 Å². The first-order valence-electron chi connectivity index (χ1n) is 9.69. The minimum atomic E-state index is -0.259. The van der Waals surface area contributed by atoms with Gasteiger partial charge in [0.25, 0.3) is 11.5 Å². The van der Waals surface area contributed by atoms with Gasteiger partial charge in [-0.15, -0.1) is 0 Å². The lowest BCUT2D eigenvalue weighted by molar-refractivity contribution is 0.0784. The van der Waals surface area contributed by atoms with Gasteiger partial charge < -0.3 is 9.64 Å². The van der Waals surface area contributed by atoms with E-state index >= 15 is 0 Å². The van der Waals surface area contributed by atoms with Crippen molar-refractivity contribution in [2.45, 2.75) is 19.4 Å². The SMILES string of the molecule is CN(CCCc1ccccc1)C(=O)c1ccc(=O)n(CCOc2ccccc2)n1. The molecule has 0 unspecified atom stereocenters. The van der Waals surface area contributed by atoms with Crippen molar-refractivity contribution in [1.29, 1.82) is 0 Å². The Kier molecular flexibility index (Phi) is 7.16. The molecule has 0 radical (unpaired) electrons. The fraction of sp³-hybridized carbons (Fsp3) is 0.261. The maximum atomic E-state index is 12.7. The van der Waals surface area contributed by atoms with E-state index in [0.717, 1.165) is 18.6 Å². The lowest BCUT2D eigenvalue weighted by Gasteiger charge is -2.17. The van der Waals surface area contributed by atoms with Gasteiger partial charge in [0.1, 0.15) is 18.1 Å². The first-order chi connectivity index (χ1) is 14.1. The van der Waals surface area contributed by atoms with Gasteiger partial charge in [-0.2, -0.15) is 5.10 Å². The molecule has 0 saturated heterocycles. The second-order valence-electron chi connectivity index (χ2n) is 6.76. The molecule has 6 nitrogen and oxygen atoms in total. The summed E-state index contributed by atoms with van der Waals surface area (Å²) in [5, 5.41) is 4.22. The van der Waals surface area contributed by atoms with Gasteiger partial charge in [-0.1, -0.05) is 48.5 Å². The number of nitrogens with zero attached hydrogens (tertiary/aromatic N) is 3. The van der Waals surface area contributed by atoms with Crippen LogP contribution in [0.1, 0.15) is 22.5 Å². The molecule has 6 heteroatoms. The smallest absolute Gasteiger partial charge is 0.274 e. The molecule has 2 aromatic carbocycles. The second-order valence-corrected chi connectivity index (χ2v) is 6.76. The summed E-state index contributed by atoms with van der Waals surface area (Å²) < 4.78 is 6.88. The van der Waals surface area contributed by atoms with Crippen LogP contribution in [0.25, 0.3) is 0 Å². The molecule has 0 aliphatic rings. The fourth-order valence-corrected chi connectivity index (χ4v) is 2.95. The van der Waals surface area contributed by atoms with Gasteiger partial charge in [-0.05, 0) is 36.6 Å². The van der Waals surface area contributed by atoms with Crippen LogP contribution in [0.4, 0.5) is 0 Å². The minimum absolute atomic E-state index is 0.198. The maximum absolute atomic E-state index is 12.7. The van der Waals surface area contributed by atoms with E-state index in [1.165, 1.54) is 22.4 Å². The fourth-order valence-electron chi connectivity index (χ4n) is 2.95. The normalized spacial score (nSPS) is 10.5. The first-order valence-corrected chi connectivity index (χ1v) is 9.69.